The second kappa shape index (κ2) is 3.88. The van der Waals surface area contributed by atoms with Gasteiger partial charge in [0.25, 0.3) is 0 Å². The Morgan fingerprint density at radius 1 is 1.45 bits per heavy atom. The summed E-state index contributed by atoms with van der Waals surface area (Å²) < 4.78 is 0.719. The van der Waals surface area contributed by atoms with Crippen LogP contribution in [0.1, 0.15) is 6.42 Å². The first-order chi connectivity index (χ1) is 4.89. The molecule has 0 amide bonds. The normalized spacial score (nSPS) is 17.5. The zero-order valence-corrected chi connectivity index (χ0v) is 7.75. The maximum absolute atomic E-state index is 9.30. The van der Waals surface area contributed by atoms with Crippen molar-refractivity contribution in [1.82, 2.24) is 0 Å². The molecule has 0 saturated carbocycles. The van der Waals surface area contributed by atoms with Crippen molar-refractivity contribution in [3.05, 3.63) is 19.6 Å². The van der Waals surface area contributed by atoms with E-state index in [9.17, 15) is 5.11 Å². The Hall–Kier alpha value is -0.340. The van der Waals surface area contributed by atoms with E-state index in [1.807, 2.05) is 27.2 Å². The minimum absolute atomic E-state index is 0.146. The van der Waals surface area contributed by atoms with E-state index >= 15 is 0 Å². The van der Waals surface area contributed by atoms with Crippen molar-refractivity contribution in [2.45, 2.75) is 18.6 Å². The molecule has 0 aliphatic heterocycles. The van der Waals surface area contributed by atoms with E-state index in [4.69, 9.17) is 0 Å². The van der Waals surface area contributed by atoms with Crippen molar-refractivity contribution >= 4 is 0 Å². The summed E-state index contributed by atoms with van der Waals surface area (Å²) in [4.78, 5) is 0. The highest BCUT2D eigenvalue weighted by Crippen LogP contribution is 2.11. The fraction of sp³-hybridized carbons (Fsp3) is 0.667. The molecule has 0 rings (SSSR count). The quantitative estimate of drug-likeness (QED) is 0.473. The van der Waals surface area contributed by atoms with Gasteiger partial charge in [-0.3, -0.25) is 0 Å². The summed E-state index contributed by atoms with van der Waals surface area (Å²) in [6.07, 6.45) is 2.10. The van der Waals surface area contributed by atoms with Gasteiger partial charge in [-0.2, -0.15) is 0 Å². The minimum atomic E-state index is -0.520. The van der Waals surface area contributed by atoms with E-state index in [-0.39, 0.29) is 6.04 Å². The molecule has 0 aromatic heterocycles. The van der Waals surface area contributed by atoms with Crippen LogP contribution in [0.3, 0.4) is 0 Å². The number of hydrogen-bond acceptors (Lipinski definition) is 1. The molecule has 0 aliphatic rings. The van der Waals surface area contributed by atoms with Gasteiger partial charge in [-0.15, -0.1) is 6.58 Å². The monoisotopic (exact) mass is 157 g/mol. The molecule has 0 aromatic rings. The second-order valence-electron chi connectivity index (χ2n) is 3.78. The molecule has 2 nitrogen and oxygen atoms in total. The summed E-state index contributed by atoms with van der Waals surface area (Å²) >= 11 is 0. The van der Waals surface area contributed by atoms with Gasteiger partial charge in [0.1, 0.15) is 12.1 Å². The fourth-order valence-corrected chi connectivity index (χ4v) is 1.16. The molecule has 2 unspecified atom stereocenters. The van der Waals surface area contributed by atoms with Crippen molar-refractivity contribution in [2.24, 2.45) is 0 Å². The Labute approximate surface area is 69.7 Å². The number of nitrogens with zero attached hydrogens (tertiary/aromatic N) is 1. The molecule has 65 valence electrons. The summed E-state index contributed by atoms with van der Waals surface area (Å²) in [5, 5.41) is 9.30. The highest BCUT2D eigenvalue weighted by molar-refractivity contribution is 4.79. The van der Waals surface area contributed by atoms with Crippen LogP contribution in [0.5, 0.6) is 0 Å². The molecule has 0 aromatic carbocycles. The van der Waals surface area contributed by atoms with Crippen LogP contribution >= 0.6 is 0 Å². The number of quaternary nitrogens is 1. The van der Waals surface area contributed by atoms with Crippen LogP contribution in [-0.4, -0.2) is 42.9 Å². The van der Waals surface area contributed by atoms with Crippen molar-refractivity contribution in [2.75, 3.05) is 21.1 Å². The van der Waals surface area contributed by atoms with Crippen molar-refractivity contribution < 1.29 is 9.59 Å². The topological polar surface area (TPSA) is 20.2 Å². The van der Waals surface area contributed by atoms with Crippen LogP contribution in [0, 0.1) is 6.92 Å². The van der Waals surface area contributed by atoms with Gasteiger partial charge in [0, 0.05) is 6.42 Å². The van der Waals surface area contributed by atoms with E-state index in [2.05, 4.69) is 13.5 Å². The van der Waals surface area contributed by atoms with Gasteiger partial charge < -0.3 is 9.59 Å². The third-order valence-electron chi connectivity index (χ3n) is 1.85. The molecule has 0 spiro atoms. The molecule has 2 heteroatoms. The maximum Gasteiger partial charge on any atom is 0.118 e. The van der Waals surface area contributed by atoms with Gasteiger partial charge in [-0.1, -0.05) is 6.08 Å². The summed E-state index contributed by atoms with van der Waals surface area (Å²) in [6.45, 7) is 7.26. The van der Waals surface area contributed by atoms with Gasteiger partial charge in [0.2, 0.25) is 0 Å². The smallest absolute Gasteiger partial charge is 0.118 e. The number of rotatable bonds is 4. The van der Waals surface area contributed by atoms with Gasteiger partial charge in [-0.25, -0.2) is 0 Å². The Bertz CT molecular complexity index is 124. The molecule has 0 aliphatic carbocycles. The zero-order valence-electron chi connectivity index (χ0n) is 7.75. The molecule has 0 saturated heterocycles. The lowest BCUT2D eigenvalue weighted by Gasteiger charge is -2.35. The third-order valence-corrected chi connectivity index (χ3v) is 1.85. The van der Waals surface area contributed by atoms with Crippen LogP contribution in [0.25, 0.3) is 0 Å². The van der Waals surface area contributed by atoms with Crippen molar-refractivity contribution in [3.63, 3.8) is 0 Å². The maximum atomic E-state index is 9.30. The average Bonchev–Trinajstić information content (AvgIpc) is 1.79. The highest BCUT2D eigenvalue weighted by Gasteiger charge is 2.26. The Kier molecular flexibility index (Phi) is 3.76. The third kappa shape index (κ3) is 3.54. The summed E-state index contributed by atoms with van der Waals surface area (Å²) in [6, 6.07) is 0.146. The first-order valence-corrected chi connectivity index (χ1v) is 3.82. The van der Waals surface area contributed by atoms with Crippen LogP contribution < -0.4 is 0 Å². The first kappa shape index (κ1) is 10.7. The van der Waals surface area contributed by atoms with Crippen molar-refractivity contribution in [3.8, 4) is 0 Å². The zero-order chi connectivity index (χ0) is 9.07. The fourth-order valence-electron chi connectivity index (χ4n) is 1.16. The lowest BCUT2D eigenvalue weighted by Crippen LogP contribution is -2.50. The van der Waals surface area contributed by atoms with E-state index in [1.54, 1.807) is 0 Å². The molecule has 0 bridgehead atoms. The number of aliphatic hydroxyl groups excluding tert-OH is 1. The second-order valence-corrected chi connectivity index (χ2v) is 3.78. The molecular formula is C9H19NO+. The van der Waals surface area contributed by atoms with Gasteiger partial charge in [-0.05, 0) is 6.92 Å². The summed E-state index contributed by atoms with van der Waals surface area (Å²) in [7, 11) is 6.13. The van der Waals surface area contributed by atoms with Crippen LogP contribution in [0.2, 0.25) is 0 Å². The number of hydrogen-bond donors (Lipinski definition) is 1. The van der Waals surface area contributed by atoms with Crippen LogP contribution in [0.4, 0.5) is 0 Å². The first-order valence-electron chi connectivity index (χ1n) is 3.82. The van der Waals surface area contributed by atoms with Gasteiger partial charge in [0.15, 0.2) is 0 Å². The lowest BCUT2D eigenvalue weighted by atomic mass is 10.1. The van der Waals surface area contributed by atoms with Gasteiger partial charge >= 0.3 is 0 Å². The summed E-state index contributed by atoms with van der Waals surface area (Å²) in [5.41, 5.74) is 0. The minimum Gasteiger partial charge on any atom is -0.387 e. The van der Waals surface area contributed by atoms with Crippen LogP contribution in [0.15, 0.2) is 12.7 Å². The molecule has 1 radical (unpaired) electrons. The van der Waals surface area contributed by atoms with E-state index in [0.717, 1.165) is 10.9 Å². The lowest BCUT2D eigenvalue weighted by molar-refractivity contribution is -0.898. The predicted molar refractivity (Wildman–Crippen MR) is 48.0 cm³/mol. The molecule has 2 atom stereocenters. The SMILES string of the molecule is [CH2]C(O)C(CC=C)[N+](C)(C)C. The van der Waals surface area contributed by atoms with Gasteiger partial charge in [0.05, 0.1) is 21.1 Å². The van der Waals surface area contributed by atoms with E-state index in [0.29, 0.717) is 0 Å². The molecule has 1 N–H and O–H groups in total. The average molecular weight is 157 g/mol. The number of aliphatic hydroxyl groups is 1. The van der Waals surface area contributed by atoms with E-state index < -0.39 is 6.10 Å². The Morgan fingerprint density at radius 2 is 1.91 bits per heavy atom. The molecule has 11 heavy (non-hydrogen) atoms. The predicted octanol–water partition coefficient (Wildman–Crippen LogP) is 0.832. The Morgan fingerprint density at radius 3 is 2.00 bits per heavy atom. The van der Waals surface area contributed by atoms with Crippen molar-refractivity contribution in [1.29, 1.82) is 0 Å². The largest absolute Gasteiger partial charge is 0.387 e. The highest BCUT2D eigenvalue weighted by atomic mass is 16.3. The Balaban J connectivity index is 4.21. The van der Waals surface area contributed by atoms with Crippen LogP contribution in [-0.2, 0) is 0 Å². The molecule has 0 heterocycles. The van der Waals surface area contributed by atoms with E-state index in [1.165, 1.54) is 0 Å². The standard InChI is InChI=1S/C9H19NO/c1-6-7-9(8(2)11)10(3,4)5/h6,8-9,11H,1-2,7H2,3-5H3/q+1. The molecule has 0 fully saturated rings. The number of likely N-dealkylation sites (N-methyl/N-ethyl adjacent to an activating group) is 1. The molecular weight excluding hydrogens is 138 g/mol. The summed E-state index contributed by atoms with van der Waals surface area (Å²) in [5.74, 6) is 0.